The number of thiazole rings is 1. The monoisotopic (exact) mass is 342 g/mol. The summed E-state index contributed by atoms with van der Waals surface area (Å²) in [5, 5.41) is 9.15. The molecule has 0 bridgehead atoms. The number of nitrogens with zero attached hydrogens (tertiary/aromatic N) is 5. The Kier molecular flexibility index (Phi) is 4.31. The highest BCUT2D eigenvalue weighted by atomic mass is 32.2. The van der Waals surface area contributed by atoms with Crippen molar-refractivity contribution in [3.8, 4) is 0 Å². The summed E-state index contributed by atoms with van der Waals surface area (Å²) in [6.07, 6.45) is 1.05. The summed E-state index contributed by atoms with van der Waals surface area (Å²) in [5.74, 6) is 0. The zero-order valence-electron chi connectivity index (χ0n) is 11.3. The van der Waals surface area contributed by atoms with Crippen LogP contribution in [0.4, 0.5) is 20.8 Å². The van der Waals surface area contributed by atoms with E-state index in [9.17, 15) is 8.42 Å². The van der Waals surface area contributed by atoms with Gasteiger partial charge in [-0.25, -0.2) is 22.6 Å². The van der Waals surface area contributed by atoms with Crippen molar-refractivity contribution < 1.29 is 8.42 Å². The lowest BCUT2D eigenvalue weighted by molar-refractivity contribution is 0.607. The number of aryl methyl sites for hydroxylation is 2. The van der Waals surface area contributed by atoms with Gasteiger partial charge in [0.05, 0.1) is 24.2 Å². The maximum atomic E-state index is 11.1. The van der Waals surface area contributed by atoms with Gasteiger partial charge >= 0.3 is 0 Å². The van der Waals surface area contributed by atoms with Crippen LogP contribution in [0, 0.1) is 20.4 Å². The molecular formula is C10H10N6O2S3. The molecule has 0 saturated carbocycles. The zero-order chi connectivity index (χ0) is 15.6. The average Bonchev–Trinajstić information content (AvgIpc) is 2.88. The Hall–Kier alpha value is -1.90. The number of azo groups is 1. The average molecular weight is 342 g/mol. The lowest BCUT2D eigenvalue weighted by atomic mass is 10.4. The minimum absolute atomic E-state index is 0.231. The number of aromatic nitrogens is 2. The first-order chi connectivity index (χ1) is 9.80. The molecule has 11 heteroatoms. The van der Waals surface area contributed by atoms with E-state index in [1.54, 1.807) is 13.8 Å². The van der Waals surface area contributed by atoms with Crippen LogP contribution in [0.25, 0.3) is 4.85 Å². The van der Waals surface area contributed by atoms with Crippen LogP contribution >= 0.6 is 22.9 Å². The normalized spacial score (nSPS) is 11.7. The molecule has 0 amide bonds. The fourth-order valence-corrected chi connectivity index (χ4v) is 3.61. The molecule has 110 valence electrons. The molecule has 0 aliphatic heterocycles. The second-order valence-electron chi connectivity index (χ2n) is 4.02. The molecule has 0 aliphatic carbocycles. The van der Waals surface area contributed by atoms with Gasteiger partial charge in [0.2, 0.25) is 15.7 Å². The smallest absolute Gasteiger partial charge is 0.247 e. The molecule has 1 N–H and O–H groups in total. The first kappa shape index (κ1) is 15.5. The molecule has 0 aliphatic rings. The number of hydrogen-bond acceptors (Lipinski definition) is 8. The second kappa shape index (κ2) is 5.84. The molecule has 2 aromatic heterocycles. The molecule has 0 spiro atoms. The van der Waals surface area contributed by atoms with Crippen LogP contribution in [0.1, 0.15) is 11.4 Å². The van der Waals surface area contributed by atoms with Crippen molar-refractivity contribution in [3.63, 3.8) is 0 Å². The Morgan fingerprint density at radius 3 is 2.52 bits per heavy atom. The quantitative estimate of drug-likeness (QED) is 0.678. The van der Waals surface area contributed by atoms with Gasteiger partial charge in [-0.1, -0.05) is 11.3 Å². The van der Waals surface area contributed by atoms with Crippen LogP contribution < -0.4 is 4.72 Å². The third-order valence-electron chi connectivity index (χ3n) is 2.20. The fourth-order valence-electron chi connectivity index (χ4n) is 1.32. The molecule has 8 nitrogen and oxygen atoms in total. The second-order valence-corrected chi connectivity index (χ2v) is 7.50. The van der Waals surface area contributed by atoms with Gasteiger partial charge in [-0.2, -0.15) is 0 Å². The highest BCUT2D eigenvalue weighted by Gasteiger charge is 2.13. The third-order valence-corrected chi connectivity index (χ3v) is 4.67. The number of anilines is 1. The van der Waals surface area contributed by atoms with Gasteiger partial charge in [0, 0.05) is 0 Å². The third kappa shape index (κ3) is 3.81. The van der Waals surface area contributed by atoms with Crippen LogP contribution in [0.15, 0.2) is 10.2 Å². The van der Waals surface area contributed by atoms with E-state index in [4.69, 9.17) is 6.57 Å². The van der Waals surface area contributed by atoms with E-state index in [0.29, 0.717) is 27.1 Å². The molecule has 0 unspecified atom stereocenters. The number of rotatable bonds is 4. The predicted octanol–water partition coefficient (Wildman–Crippen LogP) is 3.55. The predicted molar refractivity (Wildman–Crippen MR) is 82.6 cm³/mol. The van der Waals surface area contributed by atoms with E-state index in [1.165, 1.54) is 0 Å². The van der Waals surface area contributed by atoms with Crippen LogP contribution in [0.3, 0.4) is 0 Å². The van der Waals surface area contributed by atoms with Crippen molar-refractivity contribution in [1.82, 2.24) is 9.36 Å². The summed E-state index contributed by atoms with van der Waals surface area (Å²) in [7, 11) is -3.38. The van der Waals surface area contributed by atoms with Crippen LogP contribution in [-0.4, -0.2) is 24.0 Å². The van der Waals surface area contributed by atoms with Crippen LogP contribution in [0.2, 0.25) is 0 Å². The van der Waals surface area contributed by atoms with E-state index < -0.39 is 10.0 Å². The van der Waals surface area contributed by atoms with Crippen molar-refractivity contribution in [2.24, 2.45) is 10.2 Å². The number of nitrogens with one attached hydrogen (secondary N) is 1. The van der Waals surface area contributed by atoms with Crippen molar-refractivity contribution >= 4 is 53.7 Å². The molecule has 0 atom stereocenters. The Balaban J connectivity index is 2.28. The molecule has 0 aromatic carbocycles. The highest BCUT2D eigenvalue weighted by Crippen LogP contribution is 2.38. The molecule has 0 saturated heterocycles. The van der Waals surface area contributed by atoms with E-state index in [1.807, 2.05) is 0 Å². The van der Waals surface area contributed by atoms with Gasteiger partial charge in [0.15, 0.2) is 15.1 Å². The van der Waals surface area contributed by atoms with E-state index in [0.717, 1.165) is 29.1 Å². The summed E-state index contributed by atoms with van der Waals surface area (Å²) in [5.41, 5.74) is 1.55. The van der Waals surface area contributed by atoms with Gasteiger partial charge in [-0.3, -0.25) is 4.72 Å². The topological polar surface area (TPSA) is 101 Å². The minimum atomic E-state index is -3.38. The summed E-state index contributed by atoms with van der Waals surface area (Å²) in [4.78, 5) is 7.42. The largest absolute Gasteiger partial charge is 0.259 e. The molecule has 2 heterocycles. The number of hydrogen-bond donors (Lipinski definition) is 1. The minimum Gasteiger partial charge on any atom is -0.259 e. The Bertz CT molecular complexity index is 843. The van der Waals surface area contributed by atoms with Gasteiger partial charge in [0.1, 0.15) is 0 Å². The molecule has 21 heavy (non-hydrogen) atoms. The van der Waals surface area contributed by atoms with Crippen molar-refractivity contribution in [3.05, 3.63) is 22.8 Å². The van der Waals surface area contributed by atoms with E-state index in [2.05, 4.69) is 29.2 Å². The molecule has 0 radical (unpaired) electrons. The number of sulfonamides is 1. The molecular weight excluding hydrogens is 332 g/mol. The maximum Gasteiger partial charge on any atom is 0.247 e. The van der Waals surface area contributed by atoms with Gasteiger partial charge in [-0.05, 0) is 25.4 Å². The first-order valence-electron chi connectivity index (χ1n) is 5.51. The molecule has 2 rings (SSSR count). The molecule has 0 fully saturated rings. The summed E-state index contributed by atoms with van der Waals surface area (Å²) < 4.78 is 28.6. The van der Waals surface area contributed by atoms with Gasteiger partial charge in [0.25, 0.3) is 0 Å². The Labute approximate surface area is 129 Å². The van der Waals surface area contributed by atoms with Crippen LogP contribution in [-0.2, 0) is 10.0 Å². The van der Waals surface area contributed by atoms with E-state index >= 15 is 0 Å². The van der Waals surface area contributed by atoms with Gasteiger partial charge in [-0.15, -0.1) is 10.2 Å². The fraction of sp³-hybridized carbons (Fsp3) is 0.300. The lowest BCUT2D eigenvalue weighted by Gasteiger charge is -1.95. The maximum absolute atomic E-state index is 11.1. The lowest BCUT2D eigenvalue weighted by Crippen LogP contribution is -2.08. The zero-order valence-corrected chi connectivity index (χ0v) is 13.7. The van der Waals surface area contributed by atoms with Crippen LogP contribution in [0.5, 0.6) is 0 Å². The SMILES string of the molecule is [C-]#[N+]c1c(C)nsc1N=Nc1sc(NS(C)(=O)=O)nc1C. The Morgan fingerprint density at radius 2 is 1.90 bits per heavy atom. The van der Waals surface area contributed by atoms with E-state index in [-0.39, 0.29) is 5.13 Å². The first-order valence-corrected chi connectivity index (χ1v) is 8.99. The standard InChI is InChI=1S/C10H10N6O2S3/c1-5-7(11-3)9(20-15-5)14-13-8-6(2)12-10(19-8)16-21(4,17)18/h1-2,4H3,(H,12,16). The summed E-state index contributed by atoms with van der Waals surface area (Å²) in [6.45, 7) is 10.5. The highest BCUT2D eigenvalue weighted by molar-refractivity contribution is 7.92. The van der Waals surface area contributed by atoms with Gasteiger partial charge < -0.3 is 0 Å². The molecule has 2 aromatic rings. The Morgan fingerprint density at radius 1 is 1.24 bits per heavy atom. The van der Waals surface area contributed by atoms with Crippen molar-refractivity contribution in [2.45, 2.75) is 13.8 Å². The van der Waals surface area contributed by atoms with Crippen molar-refractivity contribution in [1.29, 1.82) is 0 Å². The van der Waals surface area contributed by atoms with Crippen molar-refractivity contribution in [2.75, 3.05) is 11.0 Å². The summed E-state index contributed by atoms with van der Waals surface area (Å²) >= 11 is 2.16. The summed E-state index contributed by atoms with van der Waals surface area (Å²) in [6, 6.07) is 0.